The van der Waals surface area contributed by atoms with E-state index in [-0.39, 0.29) is 52.9 Å². The van der Waals surface area contributed by atoms with Gasteiger partial charge < -0.3 is 62.3 Å². The minimum absolute atomic E-state index is 0.0607. The summed E-state index contributed by atoms with van der Waals surface area (Å²) in [5, 5.41) is 21.2. The third-order valence-electron chi connectivity index (χ3n) is 11.5. The number of hydrogen-bond acceptors (Lipinski definition) is 13. The summed E-state index contributed by atoms with van der Waals surface area (Å²) < 4.78 is 71.4. The molecule has 5 aromatic rings. The van der Waals surface area contributed by atoms with E-state index in [2.05, 4.69) is 0 Å². The van der Waals surface area contributed by atoms with Gasteiger partial charge in [-0.05, 0) is 27.8 Å². The number of rotatable bonds is 23. The SMILES string of the molecule is CO[C@H]1O[C@H](CO[C@H]2O[C@H](CO)[C@@H](OCc3ccccc3)[C@@H]2OCc2ccccc2)[C@@H](O[C@H]2O[C@H](CO)[C@@H](OCc3ccccc3)[C@@H]2OCc2ccccc2)[C@@H]1OCc1ccccc1. The van der Waals surface area contributed by atoms with Gasteiger partial charge in [0, 0.05) is 7.11 Å². The second-order valence-corrected chi connectivity index (χ2v) is 16.0. The van der Waals surface area contributed by atoms with Gasteiger partial charge in [0.05, 0.1) is 52.9 Å². The van der Waals surface area contributed by atoms with Crippen molar-refractivity contribution in [1.82, 2.24) is 0 Å². The number of ether oxygens (including phenoxy) is 11. The summed E-state index contributed by atoms with van der Waals surface area (Å²) in [5.74, 6) is 0. The zero-order chi connectivity index (χ0) is 43.9. The highest BCUT2D eigenvalue weighted by molar-refractivity contribution is 5.17. The summed E-state index contributed by atoms with van der Waals surface area (Å²) in [6.07, 6.45) is -9.66. The first-order valence-electron chi connectivity index (χ1n) is 21.9. The average Bonchev–Trinajstić information content (AvgIpc) is 4.00. The van der Waals surface area contributed by atoms with Gasteiger partial charge in [0.2, 0.25) is 0 Å². The number of benzene rings is 5. The molecule has 0 radical (unpaired) electrons. The molecular formula is C51H58O13. The number of aliphatic hydroxyl groups is 2. The molecule has 3 aliphatic heterocycles. The van der Waals surface area contributed by atoms with Gasteiger partial charge in [-0.15, -0.1) is 0 Å². The fraction of sp³-hybridized carbons (Fsp3) is 0.412. The van der Waals surface area contributed by atoms with Crippen molar-refractivity contribution in [3.63, 3.8) is 0 Å². The molecule has 13 heteroatoms. The molecule has 13 nitrogen and oxygen atoms in total. The number of hydrogen-bond donors (Lipinski definition) is 2. The van der Waals surface area contributed by atoms with Crippen LogP contribution in [0, 0.1) is 0 Å². The molecule has 64 heavy (non-hydrogen) atoms. The molecule has 3 aliphatic rings. The maximum absolute atomic E-state index is 10.7. The summed E-state index contributed by atoms with van der Waals surface area (Å²) in [6.45, 7) is 0.562. The van der Waals surface area contributed by atoms with E-state index < -0.39 is 73.8 Å². The second kappa shape index (κ2) is 23.7. The molecule has 0 spiro atoms. The fourth-order valence-corrected chi connectivity index (χ4v) is 8.21. The van der Waals surface area contributed by atoms with Crippen molar-refractivity contribution < 1.29 is 62.3 Å². The quantitative estimate of drug-likeness (QED) is 0.0780. The molecule has 340 valence electrons. The fourth-order valence-electron chi connectivity index (χ4n) is 8.21. The maximum atomic E-state index is 10.7. The third kappa shape index (κ3) is 12.1. The molecule has 3 heterocycles. The monoisotopic (exact) mass is 878 g/mol. The van der Waals surface area contributed by atoms with Gasteiger partial charge >= 0.3 is 0 Å². The van der Waals surface area contributed by atoms with Crippen LogP contribution in [0.4, 0.5) is 0 Å². The van der Waals surface area contributed by atoms with Crippen molar-refractivity contribution in [2.45, 2.75) is 107 Å². The van der Waals surface area contributed by atoms with Crippen molar-refractivity contribution in [2.24, 2.45) is 0 Å². The summed E-state index contributed by atoms with van der Waals surface area (Å²) in [5.41, 5.74) is 4.77. The first-order chi connectivity index (χ1) is 31.6. The average molecular weight is 879 g/mol. The first-order valence-corrected chi connectivity index (χ1v) is 21.9. The van der Waals surface area contributed by atoms with E-state index in [0.717, 1.165) is 27.8 Å². The molecule has 2 N–H and O–H groups in total. The van der Waals surface area contributed by atoms with Crippen LogP contribution < -0.4 is 0 Å². The number of methoxy groups -OCH3 is 1. The third-order valence-corrected chi connectivity index (χ3v) is 11.5. The Morgan fingerprint density at radius 2 is 0.672 bits per heavy atom. The normalized spacial score (nSPS) is 29.0. The second-order valence-electron chi connectivity index (χ2n) is 16.0. The number of aliphatic hydroxyl groups excluding tert-OH is 2. The molecule has 0 saturated carbocycles. The van der Waals surface area contributed by atoms with E-state index in [0.29, 0.717) is 0 Å². The molecule has 5 aromatic carbocycles. The standard InChI is InChI=1S/C51H58O13/c1-54-49-48(59-33-39-25-15-6-16-26-39)45(64-51-47(58-32-38-23-13-5-14-24-38)44(41(28-53)62-51)56-30-36-19-9-3-10-20-36)42(63-49)34-60-50-46(57-31-37-21-11-4-12-22-37)43(40(27-52)61-50)55-29-35-17-7-2-8-18-35/h2-26,40-53H,27-34H2,1H3/t40-,41-,42-,43-,44-,45-,46+,47+,48+,49+,50+,51-/m1/s1. The van der Waals surface area contributed by atoms with Gasteiger partial charge in [-0.1, -0.05) is 152 Å². The van der Waals surface area contributed by atoms with Crippen LogP contribution in [0.1, 0.15) is 27.8 Å². The Labute approximate surface area is 374 Å². The Hall–Kier alpha value is -4.42. The molecular weight excluding hydrogens is 821 g/mol. The molecule has 0 unspecified atom stereocenters. The minimum atomic E-state index is -1.03. The largest absolute Gasteiger partial charge is 0.394 e. The van der Waals surface area contributed by atoms with Crippen molar-refractivity contribution in [3.8, 4) is 0 Å². The maximum Gasteiger partial charge on any atom is 0.187 e. The van der Waals surface area contributed by atoms with E-state index in [1.165, 1.54) is 0 Å². The van der Waals surface area contributed by atoms with Crippen LogP contribution in [-0.4, -0.2) is 111 Å². The van der Waals surface area contributed by atoms with Gasteiger partial charge in [0.25, 0.3) is 0 Å². The summed E-state index contributed by atoms with van der Waals surface area (Å²) in [6, 6.07) is 49.0. The molecule has 0 amide bonds. The van der Waals surface area contributed by atoms with Crippen LogP contribution in [0.25, 0.3) is 0 Å². The molecule has 8 rings (SSSR count). The van der Waals surface area contributed by atoms with E-state index in [9.17, 15) is 10.2 Å². The Bertz CT molecular complexity index is 2050. The summed E-state index contributed by atoms with van der Waals surface area (Å²) in [7, 11) is 1.55. The van der Waals surface area contributed by atoms with E-state index >= 15 is 0 Å². The Morgan fingerprint density at radius 3 is 1.03 bits per heavy atom. The van der Waals surface area contributed by atoms with Gasteiger partial charge in [0.1, 0.15) is 54.9 Å². The summed E-state index contributed by atoms with van der Waals surface area (Å²) in [4.78, 5) is 0. The van der Waals surface area contributed by atoms with Gasteiger partial charge in [-0.2, -0.15) is 0 Å². The lowest BCUT2D eigenvalue weighted by Gasteiger charge is -2.30. The Balaban J connectivity index is 1.04. The molecule has 0 bridgehead atoms. The van der Waals surface area contributed by atoms with E-state index in [1.807, 2.05) is 152 Å². The Kier molecular flexibility index (Phi) is 17.1. The van der Waals surface area contributed by atoms with E-state index in [4.69, 9.17) is 52.1 Å². The highest BCUT2D eigenvalue weighted by Gasteiger charge is 2.54. The van der Waals surface area contributed by atoms with Gasteiger partial charge in [-0.3, -0.25) is 0 Å². The lowest BCUT2D eigenvalue weighted by molar-refractivity contribution is -0.238. The van der Waals surface area contributed by atoms with Crippen LogP contribution in [-0.2, 0) is 85.1 Å². The first kappa shape index (κ1) is 46.1. The van der Waals surface area contributed by atoms with Crippen molar-refractivity contribution in [2.75, 3.05) is 26.9 Å². The lowest BCUT2D eigenvalue weighted by Crippen LogP contribution is -2.46. The van der Waals surface area contributed by atoms with Gasteiger partial charge in [-0.25, -0.2) is 0 Å². The predicted molar refractivity (Wildman–Crippen MR) is 233 cm³/mol. The molecule has 3 saturated heterocycles. The molecule has 0 aromatic heterocycles. The lowest BCUT2D eigenvalue weighted by atomic mass is 10.1. The Morgan fingerprint density at radius 1 is 0.359 bits per heavy atom. The van der Waals surface area contributed by atoms with Crippen LogP contribution in [0.5, 0.6) is 0 Å². The van der Waals surface area contributed by atoms with Crippen LogP contribution >= 0.6 is 0 Å². The van der Waals surface area contributed by atoms with Crippen molar-refractivity contribution in [1.29, 1.82) is 0 Å². The predicted octanol–water partition coefficient (Wildman–Crippen LogP) is 6.12. The zero-order valence-corrected chi connectivity index (χ0v) is 35.9. The van der Waals surface area contributed by atoms with E-state index in [1.54, 1.807) is 7.11 Å². The van der Waals surface area contributed by atoms with Crippen LogP contribution in [0.2, 0.25) is 0 Å². The van der Waals surface area contributed by atoms with Crippen molar-refractivity contribution >= 4 is 0 Å². The van der Waals surface area contributed by atoms with Crippen molar-refractivity contribution in [3.05, 3.63) is 179 Å². The molecule has 12 atom stereocenters. The topological polar surface area (TPSA) is 142 Å². The zero-order valence-electron chi connectivity index (χ0n) is 35.9. The summed E-state index contributed by atoms with van der Waals surface area (Å²) >= 11 is 0. The minimum Gasteiger partial charge on any atom is -0.394 e. The smallest absolute Gasteiger partial charge is 0.187 e. The van der Waals surface area contributed by atoms with Crippen LogP contribution in [0.15, 0.2) is 152 Å². The highest BCUT2D eigenvalue weighted by atomic mass is 16.8. The van der Waals surface area contributed by atoms with Crippen LogP contribution in [0.3, 0.4) is 0 Å². The molecule has 3 fully saturated rings. The molecule has 0 aliphatic carbocycles. The van der Waals surface area contributed by atoms with Gasteiger partial charge in [0.15, 0.2) is 18.9 Å². The highest BCUT2D eigenvalue weighted by Crippen LogP contribution is 2.37.